The number of halogens is 1. The highest BCUT2D eigenvalue weighted by Crippen LogP contribution is 2.22. The van der Waals surface area contributed by atoms with E-state index < -0.39 is 21.7 Å². The molecule has 1 amide bonds. The first-order valence-corrected chi connectivity index (χ1v) is 11.1. The Balaban J connectivity index is 1.66. The Kier molecular flexibility index (Phi) is 6.67. The Morgan fingerprint density at radius 1 is 0.968 bits per heavy atom. The van der Waals surface area contributed by atoms with Crippen molar-refractivity contribution in [2.45, 2.75) is 18.7 Å². The van der Waals surface area contributed by atoms with Crippen LogP contribution in [0, 0.1) is 19.7 Å². The predicted molar refractivity (Wildman–Crippen MR) is 123 cm³/mol. The molecule has 0 fully saturated rings. The number of rotatable bonds is 5. The van der Waals surface area contributed by atoms with Crippen LogP contribution in [-0.2, 0) is 10.0 Å². The van der Waals surface area contributed by atoms with Crippen LogP contribution < -0.4 is 15.4 Å². The lowest BCUT2D eigenvalue weighted by molar-refractivity contribution is 0.0974. The molecular weight excluding hydrogens is 437 g/mol. The molecule has 31 heavy (non-hydrogen) atoms. The fourth-order valence-electron chi connectivity index (χ4n) is 2.83. The van der Waals surface area contributed by atoms with E-state index >= 15 is 0 Å². The van der Waals surface area contributed by atoms with Gasteiger partial charge >= 0.3 is 0 Å². The van der Waals surface area contributed by atoms with Gasteiger partial charge in [0, 0.05) is 5.69 Å². The molecule has 6 nitrogen and oxygen atoms in total. The highest BCUT2D eigenvalue weighted by Gasteiger charge is 2.16. The summed E-state index contributed by atoms with van der Waals surface area (Å²) in [4.78, 5) is 12.2. The number of benzene rings is 3. The summed E-state index contributed by atoms with van der Waals surface area (Å²) in [5.41, 5.74) is 2.69. The molecule has 0 saturated heterocycles. The second-order valence-electron chi connectivity index (χ2n) is 6.84. The average molecular weight is 458 g/mol. The standard InChI is InChI=1S/C22H20FN3O3S2/c1-14-7-12-20(15(2)13-14)26-31(28,29)17-10-8-16(9-11-17)24-22(30)25-21(27)18-5-3-4-6-19(18)23/h3-13,26H,1-2H3,(H2,24,25,27,30). The minimum Gasteiger partial charge on any atom is -0.332 e. The smallest absolute Gasteiger partial charge is 0.261 e. The van der Waals surface area contributed by atoms with Gasteiger partial charge < -0.3 is 5.32 Å². The van der Waals surface area contributed by atoms with E-state index in [4.69, 9.17) is 12.2 Å². The summed E-state index contributed by atoms with van der Waals surface area (Å²) in [7, 11) is -3.78. The Morgan fingerprint density at radius 3 is 2.29 bits per heavy atom. The maximum Gasteiger partial charge on any atom is 0.261 e. The third-order valence-electron chi connectivity index (χ3n) is 4.39. The van der Waals surface area contributed by atoms with E-state index in [1.807, 2.05) is 26.0 Å². The number of hydrogen-bond acceptors (Lipinski definition) is 4. The first-order valence-electron chi connectivity index (χ1n) is 9.23. The third kappa shape index (κ3) is 5.65. The quantitative estimate of drug-likeness (QED) is 0.495. The van der Waals surface area contributed by atoms with Gasteiger partial charge in [0.05, 0.1) is 16.1 Å². The molecule has 3 N–H and O–H groups in total. The van der Waals surface area contributed by atoms with Crippen molar-refractivity contribution in [3.05, 3.63) is 89.2 Å². The topological polar surface area (TPSA) is 87.3 Å². The summed E-state index contributed by atoms with van der Waals surface area (Å²) in [6.07, 6.45) is 0. The lowest BCUT2D eigenvalue weighted by Crippen LogP contribution is -2.34. The summed E-state index contributed by atoms with van der Waals surface area (Å²) in [5.74, 6) is -1.35. The largest absolute Gasteiger partial charge is 0.332 e. The number of thiocarbonyl (C=S) groups is 1. The van der Waals surface area contributed by atoms with Crippen LogP contribution in [0.5, 0.6) is 0 Å². The zero-order chi connectivity index (χ0) is 22.6. The number of sulfonamides is 1. The van der Waals surface area contributed by atoms with E-state index in [0.29, 0.717) is 11.4 Å². The lowest BCUT2D eigenvalue weighted by Gasteiger charge is -2.13. The van der Waals surface area contributed by atoms with Crippen LogP contribution >= 0.6 is 12.2 Å². The van der Waals surface area contributed by atoms with Gasteiger partial charge in [0.25, 0.3) is 15.9 Å². The number of amides is 1. The first-order chi connectivity index (χ1) is 14.7. The van der Waals surface area contributed by atoms with Gasteiger partial charge in [-0.3, -0.25) is 14.8 Å². The normalized spacial score (nSPS) is 10.9. The molecule has 9 heteroatoms. The number of hydrogen-bond donors (Lipinski definition) is 3. The van der Waals surface area contributed by atoms with Crippen LogP contribution in [0.2, 0.25) is 0 Å². The van der Waals surface area contributed by atoms with Crippen LogP contribution in [0.3, 0.4) is 0 Å². The third-order valence-corrected chi connectivity index (χ3v) is 5.98. The maximum absolute atomic E-state index is 13.7. The molecule has 0 radical (unpaired) electrons. The zero-order valence-electron chi connectivity index (χ0n) is 16.8. The molecule has 0 aliphatic rings. The van der Waals surface area contributed by atoms with Crippen molar-refractivity contribution in [3.8, 4) is 0 Å². The van der Waals surface area contributed by atoms with Gasteiger partial charge in [-0.2, -0.15) is 0 Å². The summed E-state index contributed by atoms with van der Waals surface area (Å²) in [6, 6.07) is 16.8. The number of anilines is 2. The molecule has 0 bridgehead atoms. The molecule has 0 saturated carbocycles. The monoisotopic (exact) mass is 457 g/mol. The molecule has 0 spiro atoms. The summed E-state index contributed by atoms with van der Waals surface area (Å²) < 4.78 is 41.6. The lowest BCUT2D eigenvalue weighted by atomic mass is 10.1. The molecule has 0 atom stereocenters. The van der Waals surface area contributed by atoms with Crippen molar-refractivity contribution in [2.75, 3.05) is 10.0 Å². The Bertz CT molecular complexity index is 1240. The predicted octanol–water partition coefficient (Wildman–Crippen LogP) is 4.37. The average Bonchev–Trinajstić information content (AvgIpc) is 2.70. The second kappa shape index (κ2) is 9.23. The molecule has 0 aromatic heterocycles. The number of carbonyl (C=O) groups is 1. The molecule has 0 unspecified atom stereocenters. The highest BCUT2D eigenvalue weighted by molar-refractivity contribution is 7.92. The Hall–Kier alpha value is -3.30. The number of carbonyl (C=O) groups excluding carboxylic acids is 1. The van der Waals surface area contributed by atoms with Crippen LogP contribution in [0.25, 0.3) is 0 Å². The van der Waals surface area contributed by atoms with Crippen molar-refractivity contribution in [1.29, 1.82) is 0 Å². The molecule has 3 aromatic rings. The summed E-state index contributed by atoms with van der Waals surface area (Å²) in [6.45, 7) is 3.76. The van der Waals surface area contributed by atoms with E-state index in [9.17, 15) is 17.6 Å². The van der Waals surface area contributed by atoms with Crippen molar-refractivity contribution in [3.63, 3.8) is 0 Å². The zero-order valence-corrected chi connectivity index (χ0v) is 18.4. The van der Waals surface area contributed by atoms with E-state index in [1.165, 1.54) is 42.5 Å². The SMILES string of the molecule is Cc1ccc(NS(=O)(=O)c2ccc(NC(=S)NC(=O)c3ccccc3F)cc2)c(C)c1. The van der Waals surface area contributed by atoms with Gasteiger partial charge in [-0.05, 0) is 74.1 Å². The molecule has 160 valence electrons. The van der Waals surface area contributed by atoms with Crippen LogP contribution in [0.15, 0.2) is 71.6 Å². The highest BCUT2D eigenvalue weighted by atomic mass is 32.2. The maximum atomic E-state index is 13.7. The van der Waals surface area contributed by atoms with E-state index in [-0.39, 0.29) is 15.6 Å². The number of aryl methyl sites for hydroxylation is 2. The van der Waals surface area contributed by atoms with E-state index in [1.54, 1.807) is 12.1 Å². The molecule has 3 aromatic carbocycles. The summed E-state index contributed by atoms with van der Waals surface area (Å²) in [5, 5.41) is 5.11. The molecule has 0 heterocycles. The fraction of sp³-hybridized carbons (Fsp3) is 0.0909. The van der Waals surface area contributed by atoms with Gasteiger partial charge in [-0.25, -0.2) is 12.8 Å². The molecule has 3 rings (SSSR count). The Morgan fingerprint density at radius 2 is 1.65 bits per heavy atom. The molecular formula is C22H20FN3O3S2. The van der Waals surface area contributed by atoms with Gasteiger partial charge in [0.2, 0.25) is 0 Å². The van der Waals surface area contributed by atoms with E-state index in [2.05, 4.69) is 15.4 Å². The molecule has 0 aliphatic carbocycles. The first kappa shape index (κ1) is 22.4. The molecule has 0 aliphatic heterocycles. The summed E-state index contributed by atoms with van der Waals surface area (Å²) >= 11 is 5.08. The number of nitrogens with one attached hydrogen (secondary N) is 3. The van der Waals surface area contributed by atoms with Gasteiger partial charge in [-0.1, -0.05) is 29.8 Å². The van der Waals surface area contributed by atoms with Crippen LogP contribution in [0.1, 0.15) is 21.5 Å². The van der Waals surface area contributed by atoms with Gasteiger partial charge in [0.1, 0.15) is 5.82 Å². The van der Waals surface area contributed by atoms with Crippen molar-refractivity contribution >= 4 is 44.6 Å². The van der Waals surface area contributed by atoms with Crippen molar-refractivity contribution < 1.29 is 17.6 Å². The van der Waals surface area contributed by atoms with Crippen molar-refractivity contribution in [2.24, 2.45) is 0 Å². The van der Waals surface area contributed by atoms with Gasteiger partial charge in [0.15, 0.2) is 5.11 Å². The van der Waals surface area contributed by atoms with Crippen molar-refractivity contribution in [1.82, 2.24) is 5.32 Å². The minimum absolute atomic E-state index is 0.0442. The second-order valence-corrected chi connectivity index (χ2v) is 8.93. The van der Waals surface area contributed by atoms with E-state index in [0.717, 1.165) is 11.1 Å². The minimum atomic E-state index is -3.78. The van der Waals surface area contributed by atoms with Gasteiger partial charge in [-0.15, -0.1) is 0 Å². The van der Waals surface area contributed by atoms with Crippen LogP contribution in [0.4, 0.5) is 15.8 Å². The fourth-order valence-corrected chi connectivity index (χ4v) is 4.17. The van der Waals surface area contributed by atoms with Crippen LogP contribution in [-0.4, -0.2) is 19.4 Å². The Labute approximate surface area is 185 Å².